The predicted octanol–water partition coefficient (Wildman–Crippen LogP) is 4.91. The number of benzene rings is 3. The van der Waals surface area contributed by atoms with Crippen molar-refractivity contribution < 1.29 is 33.2 Å². The van der Waals surface area contributed by atoms with E-state index in [-0.39, 0.29) is 18.3 Å². The largest absolute Gasteiger partial charge is 0.497 e. The molecule has 0 amide bonds. The molecule has 0 bridgehead atoms. The van der Waals surface area contributed by atoms with Crippen LogP contribution in [0.15, 0.2) is 84.9 Å². The van der Waals surface area contributed by atoms with Gasteiger partial charge in [-0.05, 0) is 35.7 Å². The van der Waals surface area contributed by atoms with Gasteiger partial charge in [0.1, 0.15) is 36.3 Å². The second-order valence-corrected chi connectivity index (χ2v) is 9.66. The molecule has 3 aromatic rings. The SMILES string of the molecule is COc1ccc(CO[C@@H]2[C@H](OCc3ccccc3)[C@@H](OCc3ccccc3)[C@@H](OC)O[C@@H]2[C@@H]2O[C@H]2C)cc1. The highest BCUT2D eigenvalue weighted by Crippen LogP contribution is 2.38. The standard InChI is InChI=1S/C31H36O7/c1-21-26(37-21)29-27(34-20-24-14-16-25(32-2)17-15-24)28(35-18-22-10-6-4-7-11-22)30(31(33-3)38-29)36-19-23-12-8-5-9-13-23/h4-17,21,26-31H,18-20H2,1-3H3/t21-,26+,27+,28-,29+,30+,31-/m0/s1. The first kappa shape index (κ1) is 26.8. The van der Waals surface area contributed by atoms with E-state index in [1.165, 1.54) is 0 Å². The summed E-state index contributed by atoms with van der Waals surface area (Å²) in [6.07, 6.45) is -2.46. The Morgan fingerprint density at radius 1 is 0.579 bits per heavy atom. The minimum Gasteiger partial charge on any atom is -0.497 e. The summed E-state index contributed by atoms with van der Waals surface area (Å²) in [4.78, 5) is 0. The van der Waals surface area contributed by atoms with E-state index in [9.17, 15) is 0 Å². The summed E-state index contributed by atoms with van der Waals surface area (Å²) in [6, 6.07) is 28.0. The van der Waals surface area contributed by atoms with Crippen LogP contribution in [0.25, 0.3) is 0 Å². The smallest absolute Gasteiger partial charge is 0.186 e. The van der Waals surface area contributed by atoms with Gasteiger partial charge in [0, 0.05) is 7.11 Å². The van der Waals surface area contributed by atoms with Gasteiger partial charge in [0.2, 0.25) is 0 Å². The molecule has 7 heteroatoms. The molecule has 38 heavy (non-hydrogen) atoms. The zero-order valence-corrected chi connectivity index (χ0v) is 22.1. The molecule has 2 heterocycles. The van der Waals surface area contributed by atoms with Gasteiger partial charge >= 0.3 is 0 Å². The van der Waals surface area contributed by atoms with Crippen molar-refractivity contribution in [1.29, 1.82) is 0 Å². The fourth-order valence-corrected chi connectivity index (χ4v) is 4.84. The molecule has 0 N–H and O–H groups in total. The molecule has 0 aromatic heterocycles. The lowest BCUT2D eigenvalue weighted by molar-refractivity contribution is -0.320. The molecule has 0 unspecified atom stereocenters. The zero-order chi connectivity index (χ0) is 26.3. The third-order valence-electron chi connectivity index (χ3n) is 7.02. The van der Waals surface area contributed by atoms with E-state index in [0.717, 1.165) is 22.4 Å². The van der Waals surface area contributed by atoms with Gasteiger partial charge < -0.3 is 33.2 Å². The Kier molecular flexibility index (Phi) is 9.06. The number of hydrogen-bond donors (Lipinski definition) is 0. The summed E-state index contributed by atoms with van der Waals surface area (Å²) < 4.78 is 43.0. The molecule has 3 aromatic carbocycles. The molecule has 7 nitrogen and oxygen atoms in total. The van der Waals surface area contributed by atoms with Crippen molar-refractivity contribution in [3.8, 4) is 5.75 Å². The van der Waals surface area contributed by atoms with Crippen LogP contribution in [-0.4, -0.2) is 57.1 Å². The summed E-state index contributed by atoms with van der Waals surface area (Å²) in [6.45, 7) is 3.22. The molecule has 0 radical (unpaired) electrons. The lowest BCUT2D eigenvalue weighted by atomic mass is 9.94. The van der Waals surface area contributed by atoms with Crippen LogP contribution in [0, 0.1) is 0 Å². The fraction of sp³-hybridized carbons (Fsp3) is 0.419. The maximum atomic E-state index is 6.60. The van der Waals surface area contributed by atoms with Crippen molar-refractivity contribution in [2.75, 3.05) is 14.2 Å². The third kappa shape index (κ3) is 6.61. The van der Waals surface area contributed by atoms with Crippen molar-refractivity contribution in [1.82, 2.24) is 0 Å². The highest BCUT2D eigenvalue weighted by molar-refractivity contribution is 5.26. The first-order valence-electron chi connectivity index (χ1n) is 13.1. The van der Waals surface area contributed by atoms with E-state index in [1.54, 1.807) is 14.2 Å². The second-order valence-electron chi connectivity index (χ2n) is 9.66. The van der Waals surface area contributed by atoms with Crippen LogP contribution < -0.4 is 4.74 Å². The summed E-state index contributed by atoms with van der Waals surface area (Å²) >= 11 is 0. The van der Waals surface area contributed by atoms with Gasteiger partial charge in [-0.1, -0.05) is 72.8 Å². The van der Waals surface area contributed by atoms with E-state index in [0.29, 0.717) is 19.8 Å². The van der Waals surface area contributed by atoms with Crippen LogP contribution in [0.2, 0.25) is 0 Å². The van der Waals surface area contributed by atoms with Crippen LogP contribution in [0.1, 0.15) is 23.6 Å². The van der Waals surface area contributed by atoms with Crippen LogP contribution >= 0.6 is 0 Å². The van der Waals surface area contributed by atoms with E-state index < -0.39 is 24.6 Å². The Morgan fingerprint density at radius 3 is 1.58 bits per heavy atom. The van der Waals surface area contributed by atoms with E-state index in [1.807, 2.05) is 91.9 Å². The maximum absolute atomic E-state index is 6.60. The summed E-state index contributed by atoms with van der Waals surface area (Å²) in [5.74, 6) is 0.800. The normalized spacial score (nSPS) is 28.7. The van der Waals surface area contributed by atoms with Crippen LogP contribution in [0.3, 0.4) is 0 Å². The van der Waals surface area contributed by atoms with Gasteiger partial charge in [-0.15, -0.1) is 0 Å². The second kappa shape index (κ2) is 12.8. The van der Waals surface area contributed by atoms with Gasteiger partial charge in [0.05, 0.1) is 33.0 Å². The quantitative estimate of drug-likeness (QED) is 0.314. The minimum absolute atomic E-state index is 0.0705. The summed E-state index contributed by atoms with van der Waals surface area (Å²) in [7, 11) is 3.29. The monoisotopic (exact) mass is 520 g/mol. The van der Waals surface area contributed by atoms with Crippen molar-refractivity contribution in [2.45, 2.75) is 69.7 Å². The lowest BCUT2D eigenvalue weighted by Gasteiger charge is -2.45. The van der Waals surface area contributed by atoms with E-state index >= 15 is 0 Å². The average Bonchev–Trinajstić information content (AvgIpc) is 3.71. The number of hydrogen-bond acceptors (Lipinski definition) is 7. The van der Waals surface area contributed by atoms with E-state index in [4.69, 9.17) is 33.2 Å². The fourth-order valence-electron chi connectivity index (χ4n) is 4.84. The number of rotatable bonds is 12. The maximum Gasteiger partial charge on any atom is 0.186 e. The zero-order valence-electron chi connectivity index (χ0n) is 22.1. The van der Waals surface area contributed by atoms with Gasteiger partial charge in [-0.2, -0.15) is 0 Å². The summed E-state index contributed by atoms with van der Waals surface area (Å²) in [5, 5.41) is 0. The van der Waals surface area contributed by atoms with Crippen LogP contribution in [0.4, 0.5) is 0 Å². The van der Waals surface area contributed by atoms with Crippen molar-refractivity contribution in [2.24, 2.45) is 0 Å². The molecule has 202 valence electrons. The highest BCUT2D eigenvalue weighted by Gasteiger charge is 2.56. The van der Waals surface area contributed by atoms with Gasteiger partial charge in [-0.25, -0.2) is 0 Å². The highest BCUT2D eigenvalue weighted by atomic mass is 16.7. The molecule has 2 aliphatic rings. The van der Waals surface area contributed by atoms with Crippen molar-refractivity contribution in [3.05, 3.63) is 102 Å². The Balaban J connectivity index is 1.40. The average molecular weight is 521 g/mol. The molecule has 5 rings (SSSR count). The molecule has 7 atom stereocenters. The summed E-state index contributed by atoms with van der Waals surface area (Å²) in [5.41, 5.74) is 3.14. The molecule has 2 saturated heterocycles. The molecular formula is C31H36O7. The topological polar surface area (TPSA) is 67.9 Å². The molecule has 0 aliphatic carbocycles. The number of methoxy groups -OCH3 is 2. The molecule has 0 spiro atoms. The van der Waals surface area contributed by atoms with Gasteiger partial charge in [-0.3, -0.25) is 0 Å². The first-order valence-corrected chi connectivity index (χ1v) is 13.1. The van der Waals surface area contributed by atoms with Crippen LogP contribution in [0.5, 0.6) is 5.75 Å². The molecule has 0 saturated carbocycles. The Morgan fingerprint density at radius 2 is 1.08 bits per heavy atom. The van der Waals surface area contributed by atoms with Crippen LogP contribution in [-0.2, 0) is 48.2 Å². The van der Waals surface area contributed by atoms with E-state index in [2.05, 4.69) is 0 Å². The first-order chi connectivity index (χ1) is 18.7. The van der Waals surface area contributed by atoms with Crippen molar-refractivity contribution >= 4 is 0 Å². The predicted molar refractivity (Wildman–Crippen MR) is 142 cm³/mol. The van der Waals surface area contributed by atoms with Gasteiger partial charge in [0.25, 0.3) is 0 Å². The lowest BCUT2D eigenvalue weighted by Crippen LogP contribution is -2.62. The Bertz CT molecular complexity index is 1110. The molecule has 2 fully saturated rings. The third-order valence-corrected chi connectivity index (χ3v) is 7.02. The van der Waals surface area contributed by atoms with Gasteiger partial charge in [0.15, 0.2) is 6.29 Å². The molecule has 2 aliphatic heterocycles. The van der Waals surface area contributed by atoms with Crippen molar-refractivity contribution in [3.63, 3.8) is 0 Å². The Hall–Kier alpha value is -2.78. The number of ether oxygens (including phenoxy) is 7. The Labute approximate surface area is 224 Å². The molecular weight excluding hydrogens is 484 g/mol. The minimum atomic E-state index is -0.637. The number of epoxide rings is 1.